The molecule has 8 nitrogen and oxygen atoms in total. The van der Waals surface area contributed by atoms with Gasteiger partial charge in [0.2, 0.25) is 11.8 Å². The zero-order chi connectivity index (χ0) is 19.0. The Morgan fingerprint density at radius 3 is 2.89 bits per heavy atom. The summed E-state index contributed by atoms with van der Waals surface area (Å²) >= 11 is 1.39. The standard InChI is InChI=1S/C18H16N4O4S/c1-11-9-15(23)19-12-5-2-3-6-13(12)22(11)16(24)10-21-18(25)26-17(20-21)14-7-4-8-27-14/h2-8,11H,9-10H2,1H3,(H,19,23)/t11-/m1/s1. The summed E-state index contributed by atoms with van der Waals surface area (Å²) in [6.07, 6.45) is 0.161. The molecule has 1 atom stereocenters. The van der Waals surface area contributed by atoms with Gasteiger partial charge in [0.15, 0.2) is 0 Å². The molecule has 0 bridgehead atoms. The molecule has 2 amide bonds. The SMILES string of the molecule is C[C@@H]1CC(=O)Nc2ccccc2N1C(=O)Cn1nc(-c2cccs2)oc1=O. The first-order valence-corrected chi connectivity index (χ1v) is 9.23. The van der Waals surface area contributed by atoms with Gasteiger partial charge < -0.3 is 14.6 Å². The van der Waals surface area contributed by atoms with E-state index in [1.54, 1.807) is 37.3 Å². The molecule has 0 radical (unpaired) electrons. The average Bonchev–Trinajstić information content (AvgIpc) is 3.24. The van der Waals surface area contributed by atoms with Crippen molar-refractivity contribution >= 4 is 34.5 Å². The van der Waals surface area contributed by atoms with Crippen molar-refractivity contribution in [3.05, 3.63) is 52.3 Å². The van der Waals surface area contributed by atoms with Crippen molar-refractivity contribution in [1.82, 2.24) is 9.78 Å². The summed E-state index contributed by atoms with van der Waals surface area (Å²) in [5, 5.41) is 8.77. The molecule has 3 heterocycles. The number of thiophene rings is 1. The summed E-state index contributed by atoms with van der Waals surface area (Å²) in [4.78, 5) is 39.4. The summed E-state index contributed by atoms with van der Waals surface area (Å²) in [5.74, 6) is -1.02. The van der Waals surface area contributed by atoms with Crippen molar-refractivity contribution in [3.8, 4) is 10.8 Å². The predicted octanol–water partition coefficient (Wildman–Crippen LogP) is 2.33. The van der Waals surface area contributed by atoms with Gasteiger partial charge in [0, 0.05) is 12.5 Å². The van der Waals surface area contributed by atoms with Gasteiger partial charge in [0.05, 0.1) is 16.3 Å². The second-order valence-corrected chi connectivity index (χ2v) is 7.14. The first-order chi connectivity index (χ1) is 13.0. The van der Waals surface area contributed by atoms with Crippen LogP contribution in [0.4, 0.5) is 11.4 Å². The Morgan fingerprint density at radius 2 is 2.11 bits per heavy atom. The third-order valence-electron chi connectivity index (χ3n) is 4.25. The van der Waals surface area contributed by atoms with E-state index in [0.29, 0.717) is 16.3 Å². The zero-order valence-corrected chi connectivity index (χ0v) is 15.2. The van der Waals surface area contributed by atoms with Crippen LogP contribution in [0.25, 0.3) is 10.8 Å². The molecule has 0 aliphatic carbocycles. The monoisotopic (exact) mass is 384 g/mol. The third kappa shape index (κ3) is 3.28. The Morgan fingerprint density at radius 1 is 1.30 bits per heavy atom. The molecule has 3 aromatic rings. The summed E-state index contributed by atoms with van der Waals surface area (Å²) in [5.41, 5.74) is 1.16. The lowest BCUT2D eigenvalue weighted by molar-refractivity contribution is -0.120. The Kier molecular flexibility index (Phi) is 4.36. The van der Waals surface area contributed by atoms with E-state index in [2.05, 4.69) is 10.4 Å². The molecule has 9 heteroatoms. The Balaban J connectivity index is 1.65. The zero-order valence-electron chi connectivity index (χ0n) is 14.4. The summed E-state index contributed by atoms with van der Waals surface area (Å²) in [7, 11) is 0. The highest BCUT2D eigenvalue weighted by molar-refractivity contribution is 7.13. The van der Waals surface area contributed by atoms with Gasteiger partial charge in [-0.05, 0) is 30.5 Å². The Labute approximate surface area is 158 Å². The number of aromatic nitrogens is 2. The number of para-hydroxylation sites is 2. The summed E-state index contributed by atoms with van der Waals surface area (Å²) < 4.78 is 6.16. The van der Waals surface area contributed by atoms with Crippen LogP contribution >= 0.6 is 11.3 Å². The van der Waals surface area contributed by atoms with E-state index in [1.807, 2.05) is 11.4 Å². The van der Waals surface area contributed by atoms with Crippen LogP contribution in [0.15, 0.2) is 51.0 Å². The van der Waals surface area contributed by atoms with Crippen molar-refractivity contribution < 1.29 is 14.0 Å². The highest BCUT2D eigenvalue weighted by Crippen LogP contribution is 2.31. The van der Waals surface area contributed by atoms with Gasteiger partial charge in [-0.15, -0.1) is 16.4 Å². The van der Waals surface area contributed by atoms with E-state index in [1.165, 1.54) is 16.2 Å². The molecule has 1 aliphatic heterocycles. The molecule has 1 aliphatic rings. The molecular weight excluding hydrogens is 368 g/mol. The fourth-order valence-corrected chi connectivity index (χ4v) is 3.72. The third-order valence-corrected chi connectivity index (χ3v) is 5.11. The fourth-order valence-electron chi connectivity index (χ4n) is 3.08. The molecule has 0 unspecified atom stereocenters. The van der Waals surface area contributed by atoms with Crippen LogP contribution in [0.2, 0.25) is 0 Å². The van der Waals surface area contributed by atoms with Crippen LogP contribution in [-0.2, 0) is 16.1 Å². The van der Waals surface area contributed by atoms with E-state index in [0.717, 1.165) is 4.68 Å². The largest absolute Gasteiger partial charge is 0.437 e. The lowest BCUT2D eigenvalue weighted by atomic mass is 10.1. The highest BCUT2D eigenvalue weighted by atomic mass is 32.1. The van der Waals surface area contributed by atoms with Gasteiger partial charge in [0.1, 0.15) is 6.54 Å². The van der Waals surface area contributed by atoms with Crippen LogP contribution in [0.5, 0.6) is 0 Å². The van der Waals surface area contributed by atoms with Crippen LogP contribution < -0.4 is 16.0 Å². The van der Waals surface area contributed by atoms with Crippen LogP contribution in [0.3, 0.4) is 0 Å². The lowest BCUT2D eigenvalue weighted by Gasteiger charge is -2.27. The van der Waals surface area contributed by atoms with E-state index >= 15 is 0 Å². The van der Waals surface area contributed by atoms with E-state index in [4.69, 9.17) is 4.42 Å². The smallest absolute Gasteiger partial charge is 0.387 e. The number of anilines is 2. The van der Waals surface area contributed by atoms with Crippen molar-refractivity contribution in [2.24, 2.45) is 0 Å². The van der Waals surface area contributed by atoms with Crippen molar-refractivity contribution in [2.45, 2.75) is 25.9 Å². The summed E-state index contributed by atoms with van der Waals surface area (Å²) in [6, 6.07) is 10.3. The first kappa shape index (κ1) is 17.2. The number of hydrogen-bond donors (Lipinski definition) is 1. The van der Waals surface area contributed by atoms with Crippen molar-refractivity contribution in [1.29, 1.82) is 0 Å². The molecule has 0 saturated carbocycles. The maximum atomic E-state index is 13.0. The number of nitrogens with one attached hydrogen (secondary N) is 1. The second kappa shape index (κ2) is 6.84. The predicted molar refractivity (Wildman–Crippen MR) is 101 cm³/mol. The topological polar surface area (TPSA) is 97.4 Å². The van der Waals surface area contributed by atoms with Gasteiger partial charge in [-0.2, -0.15) is 4.68 Å². The molecule has 0 spiro atoms. The van der Waals surface area contributed by atoms with E-state index in [9.17, 15) is 14.4 Å². The summed E-state index contributed by atoms with van der Waals surface area (Å²) in [6.45, 7) is 1.52. The molecule has 0 fully saturated rings. The first-order valence-electron chi connectivity index (χ1n) is 8.35. The molecule has 27 heavy (non-hydrogen) atoms. The van der Waals surface area contributed by atoms with Crippen LogP contribution in [0.1, 0.15) is 13.3 Å². The van der Waals surface area contributed by atoms with E-state index in [-0.39, 0.29) is 36.7 Å². The Bertz CT molecular complexity index is 1050. The minimum atomic E-state index is -0.697. The lowest BCUT2D eigenvalue weighted by Crippen LogP contribution is -2.42. The highest BCUT2D eigenvalue weighted by Gasteiger charge is 2.30. The molecule has 2 aromatic heterocycles. The minimum absolute atomic E-state index is 0.161. The average molecular weight is 384 g/mol. The van der Waals surface area contributed by atoms with Gasteiger partial charge in [-0.25, -0.2) is 4.79 Å². The number of rotatable bonds is 3. The number of benzene rings is 1. The van der Waals surface area contributed by atoms with Gasteiger partial charge in [0.25, 0.3) is 5.89 Å². The quantitative estimate of drug-likeness (QED) is 0.747. The molecule has 138 valence electrons. The van der Waals surface area contributed by atoms with Gasteiger partial charge >= 0.3 is 5.76 Å². The molecule has 4 rings (SSSR count). The van der Waals surface area contributed by atoms with Crippen molar-refractivity contribution in [2.75, 3.05) is 10.2 Å². The molecular formula is C18H16N4O4S. The van der Waals surface area contributed by atoms with E-state index < -0.39 is 5.76 Å². The number of nitrogens with zero attached hydrogens (tertiary/aromatic N) is 3. The number of hydrogen-bond acceptors (Lipinski definition) is 6. The Hall–Kier alpha value is -3.20. The van der Waals surface area contributed by atoms with Gasteiger partial charge in [-0.3, -0.25) is 9.59 Å². The normalized spacial score (nSPS) is 16.6. The maximum absolute atomic E-state index is 13.0. The number of fused-ring (bicyclic) bond motifs is 1. The van der Waals surface area contributed by atoms with Crippen molar-refractivity contribution in [3.63, 3.8) is 0 Å². The number of amides is 2. The van der Waals surface area contributed by atoms with Crippen LogP contribution in [-0.4, -0.2) is 27.6 Å². The molecule has 0 saturated heterocycles. The minimum Gasteiger partial charge on any atom is -0.387 e. The molecule has 1 aromatic carbocycles. The fraction of sp³-hybridized carbons (Fsp3) is 0.222. The maximum Gasteiger partial charge on any atom is 0.437 e. The second-order valence-electron chi connectivity index (χ2n) is 6.19. The van der Waals surface area contributed by atoms with Crippen LogP contribution in [0, 0.1) is 0 Å². The number of carbonyl (C=O) groups is 2. The number of carbonyl (C=O) groups excluding carboxylic acids is 2. The molecule has 1 N–H and O–H groups in total. The van der Waals surface area contributed by atoms with Gasteiger partial charge in [-0.1, -0.05) is 18.2 Å².